The number of rotatable bonds is 2. The highest BCUT2D eigenvalue weighted by Gasteiger charge is 2.33. The van der Waals surface area contributed by atoms with E-state index in [4.69, 9.17) is 0 Å². The minimum absolute atomic E-state index is 0. The Bertz CT molecular complexity index is 1020. The summed E-state index contributed by atoms with van der Waals surface area (Å²) in [6, 6.07) is 10.8. The number of para-hydroxylation sites is 1. The van der Waals surface area contributed by atoms with E-state index < -0.39 is 0 Å². The summed E-state index contributed by atoms with van der Waals surface area (Å²) in [4.78, 5) is 19.5. The Labute approximate surface area is 181 Å². The fraction of sp³-hybridized carbons (Fsp3) is 0.400. The highest BCUT2D eigenvalue weighted by molar-refractivity contribution is 5.94. The molecule has 3 aromatic rings. The molecule has 154 valence electrons. The van der Waals surface area contributed by atoms with Gasteiger partial charge in [0.2, 0.25) is 0 Å². The molecular weight excluding hydrogens is 411 g/mol. The van der Waals surface area contributed by atoms with E-state index in [2.05, 4.69) is 20.6 Å². The van der Waals surface area contributed by atoms with Crippen LogP contribution in [0.1, 0.15) is 35.4 Å². The molecule has 4 heterocycles. The number of fused-ring (bicyclic) bond motifs is 3. The van der Waals surface area contributed by atoms with Crippen LogP contribution in [0.3, 0.4) is 0 Å². The smallest absolute Gasteiger partial charge is 0.276 e. The lowest BCUT2D eigenvalue weighted by molar-refractivity contribution is 0.0741. The molecule has 2 atom stereocenters. The van der Waals surface area contributed by atoms with Crippen LogP contribution >= 0.6 is 24.8 Å². The molecule has 9 heteroatoms. The van der Waals surface area contributed by atoms with Crippen LogP contribution in [0.4, 0.5) is 0 Å². The van der Waals surface area contributed by atoms with Crippen LogP contribution < -0.4 is 5.32 Å². The Morgan fingerprint density at radius 1 is 1.10 bits per heavy atom. The molecular formula is C20H24Cl2N6O. The summed E-state index contributed by atoms with van der Waals surface area (Å²) in [7, 11) is 0. The van der Waals surface area contributed by atoms with Crippen molar-refractivity contribution in [3.8, 4) is 5.69 Å². The molecule has 2 aliphatic rings. The maximum atomic E-state index is 13.1. The number of carbonyl (C=O) groups is 1. The van der Waals surface area contributed by atoms with Gasteiger partial charge in [0.25, 0.3) is 5.91 Å². The number of hydrogen-bond acceptors (Lipinski definition) is 5. The van der Waals surface area contributed by atoms with E-state index in [1.807, 2.05) is 42.2 Å². The Morgan fingerprint density at radius 2 is 1.90 bits per heavy atom. The van der Waals surface area contributed by atoms with Gasteiger partial charge >= 0.3 is 0 Å². The van der Waals surface area contributed by atoms with E-state index in [9.17, 15) is 4.79 Å². The summed E-state index contributed by atoms with van der Waals surface area (Å²) in [5, 5.41) is 13.2. The fourth-order valence-electron chi connectivity index (χ4n) is 4.29. The number of pyridine rings is 1. The van der Waals surface area contributed by atoms with E-state index in [1.165, 1.54) is 6.42 Å². The van der Waals surface area contributed by atoms with Crippen molar-refractivity contribution in [3.05, 3.63) is 47.9 Å². The average molecular weight is 435 g/mol. The van der Waals surface area contributed by atoms with Gasteiger partial charge in [0, 0.05) is 36.8 Å². The molecule has 7 nitrogen and oxygen atoms in total. The molecule has 29 heavy (non-hydrogen) atoms. The third-order valence-electron chi connectivity index (χ3n) is 5.75. The molecule has 2 fully saturated rings. The predicted molar refractivity (Wildman–Crippen MR) is 116 cm³/mol. The maximum Gasteiger partial charge on any atom is 0.276 e. The molecule has 0 aliphatic carbocycles. The lowest BCUT2D eigenvalue weighted by Crippen LogP contribution is -2.39. The Hall–Kier alpha value is -2.22. The standard InChI is InChI=1S/C20H22N6O.2ClH/c1-13-18(20(27)25-11-9-15-7-8-16(12-25)22-15)23-24-26(13)17-6-2-4-14-5-3-10-21-19(14)17;;/h2-6,10,15-16,22H,7-9,11-12H2,1H3;2*1H. The Kier molecular flexibility index (Phi) is 6.41. The lowest BCUT2D eigenvalue weighted by atomic mass is 10.1. The van der Waals surface area contributed by atoms with E-state index >= 15 is 0 Å². The van der Waals surface area contributed by atoms with Crippen LogP contribution in [-0.4, -0.2) is 56.0 Å². The number of benzene rings is 1. The minimum Gasteiger partial charge on any atom is -0.336 e. The maximum absolute atomic E-state index is 13.1. The van der Waals surface area contributed by atoms with E-state index in [1.54, 1.807) is 10.9 Å². The predicted octanol–water partition coefficient (Wildman–Crippen LogP) is 2.93. The SMILES string of the molecule is Cc1c(C(=O)N2CCC3CCC(C2)N3)nnn1-c1cccc2cccnc12.Cl.Cl. The number of nitrogens with zero attached hydrogens (tertiary/aromatic N) is 5. The van der Waals surface area contributed by atoms with Crippen molar-refractivity contribution in [1.29, 1.82) is 0 Å². The highest BCUT2D eigenvalue weighted by atomic mass is 35.5. The van der Waals surface area contributed by atoms with Crippen LogP contribution in [-0.2, 0) is 0 Å². The van der Waals surface area contributed by atoms with Crippen LogP contribution in [0.2, 0.25) is 0 Å². The zero-order chi connectivity index (χ0) is 18.4. The second kappa shape index (κ2) is 8.65. The fourth-order valence-corrected chi connectivity index (χ4v) is 4.29. The van der Waals surface area contributed by atoms with Crippen molar-refractivity contribution in [2.75, 3.05) is 13.1 Å². The highest BCUT2D eigenvalue weighted by Crippen LogP contribution is 2.24. The zero-order valence-corrected chi connectivity index (χ0v) is 17.7. The van der Waals surface area contributed by atoms with E-state index in [-0.39, 0.29) is 30.7 Å². The number of likely N-dealkylation sites (tertiary alicyclic amines) is 1. The Morgan fingerprint density at radius 3 is 2.76 bits per heavy atom. The molecule has 2 unspecified atom stereocenters. The average Bonchev–Trinajstić information content (AvgIpc) is 3.22. The second-order valence-electron chi connectivity index (χ2n) is 7.47. The van der Waals surface area contributed by atoms with Crippen LogP contribution in [0, 0.1) is 6.92 Å². The van der Waals surface area contributed by atoms with Gasteiger partial charge in [-0.2, -0.15) is 0 Å². The van der Waals surface area contributed by atoms with Gasteiger partial charge in [-0.3, -0.25) is 9.78 Å². The van der Waals surface area contributed by atoms with Crippen molar-refractivity contribution >= 4 is 41.6 Å². The molecule has 2 aliphatic heterocycles. The lowest BCUT2D eigenvalue weighted by Gasteiger charge is -2.23. The molecule has 1 amide bonds. The second-order valence-corrected chi connectivity index (χ2v) is 7.47. The van der Waals surface area contributed by atoms with Crippen molar-refractivity contribution < 1.29 is 4.79 Å². The van der Waals surface area contributed by atoms with Crippen LogP contribution in [0.15, 0.2) is 36.5 Å². The number of halogens is 2. The molecule has 0 radical (unpaired) electrons. The van der Waals surface area contributed by atoms with Gasteiger partial charge in [0.15, 0.2) is 5.69 Å². The van der Waals surface area contributed by atoms with Gasteiger partial charge in [-0.1, -0.05) is 23.4 Å². The Balaban J connectivity index is 0.00000120. The third-order valence-corrected chi connectivity index (χ3v) is 5.75. The van der Waals surface area contributed by atoms with Crippen molar-refractivity contribution in [2.24, 2.45) is 0 Å². The first-order chi connectivity index (χ1) is 13.2. The summed E-state index contributed by atoms with van der Waals surface area (Å²) >= 11 is 0. The monoisotopic (exact) mass is 434 g/mol. The van der Waals surface area contributed by atoms with Crippen LogP contribution in [0.5, 0.6) is 0 Å². The summed E-state index contributed by atoms with van der Waals surface area (Å²) in [6.45, 7) is 3.42. The number of hydrogen-bond donors (Lipinski definition) is 1. The van der Waals surface area contributed by atoms with E-state index in [0.717, 1.165) is 48.2 Å². The van der Waals surface area contributed by atoms with Crippen molar-refractivity contribution in [3.63, 3.8) is 0 Å². The first kappa shape index (κ1) is 21.5. The van der Waals surface area contributed by atoms with Gasteiger partial charge in [0.1, 0.15) is 0 Å². The van der Waals surface area contributed by atoms with Crippen LogP contribution in [0.25, 0.3) is 16.6 Å². The number of amides is 1. The topological polar surface area (TPSA) is 75.9 Å². The minimum atomic E-state index is -0.0266. The molecule has 5 rings (SSSR count). The van der Waals surface area contributed by atoms with Gasteiger partial charge in [0.05, 0.1) is 16.9 Å². The van der Waals surface area contributed by atoms with Gasteiger partial charge < -0.3 is 10.2 Å². The summed E-state index contributed by atoms with van der Waals surface area (Å²) in [5.41, 5.74) is 2.87. The molecule has 1 aromatic carbocycles. The molecule has 1 N–H and O–H groups in total. The summed E-state index contributed by atoms with van der Waals surface area (Å²) in [5.74, 6) is -0.0266. The normalized spacial score (nSPS) is 20.7. The van der Waals surface area contributed by atoms with Gasteiger partial charge in [-0.05, 0) is 38.3 Å². The molecule has 2 saturated heterocycles. The van der Waals surface area contributed by atoms with Crippen molar-refractivity contribution in [2.45, 2.75) is 38.3 Å². The molecule has 0 spiro atoms. The number of carbonyl (C=O) groups excluding carboxylic acids is 1. The van der Waals surface area contributed by atoms with Gasteiger partial charge in [-0.25, -0.2) is 4.68 Å². The summed E-state index contributed by atoms with van der Waals surface area (Å²) < 4.78 is 1.73. The first-order valence-electron chi connectivity index (χ1n) is 9.52. The zero-order valence-electron chi connectivity index (χ0n) is 16.1. The largest absolute Gasteiger partial charge is 0.336 e. The van der Waals surface area contributed by atoms with Gasteiger partial charge in [-0.15, -0.1) is 29.9 Å². The number of aromatic nitrogens is 4. The molecule has 2 bridgehead atoms. The molecule has 2 aromatic heterocycles. The third kappa shape index (κ3) is 3.82. The quantitative estimate of drug-likeness (QED) is 0.670. The first-order valence-corrected chi connectivity index (χ1v) is 9.52. The van der Waals surface area contributed by atoms with E-state index in [0.29, 0.717) is 17.8 Å². The molecule has 0 saturated carbocycles. The number of nitrogens with one attached hydrogen (secondary N) is 1. The summed E-state index contributed by atoms with van der Waals surface area (Å²) in [6.07, 6.45) is 5.13. The van der Waals surface area contributed by atoms with Crippen molar-refractivity contribution in [1.82, 2.24) is 30.2 Å².